The number of nitrogens with one attached hydrogen (secondary N) is 2. The van der Waals surface area contributed by atoms with Crippen molar-refractivity contribution in [1.29, 1.82) is 0 Å². The van der Waals surface area contributed by atoms with E-state index in [0.29, 0.717) is 23.6 Å². The first-order chi connectivity index (χ1) is 10.1. The van der Waals surface area contributed by atoms with Crippen LogP contribution in [0.5, 0.6) is 5.75 Å². The molecular weight excluding hydrogens is 270 g/mol. The first-order valence-electron chi connectivity index (χ1n) is 7.02. The van der Waals surface area contributed by atoms with Crippen molar-refractivity contribution in [3.63, 3.8) is 0 Å². The Kier molecular flexibility index (Phi) is 4.92. The van der Waals surface area contributed by atoms with E-state index < -0.39 is 0 Å². The van der Waals surface area contributed by atoms with Crippen molar-refractivity contribution in [3.05, 3.63) is 24.3 Å². The maximum atomic E-state index is 12.0. The number of rotatable bonds is 5. The van der Waals surface area contributed by atoms with Gasteiger partial charge in [0.1, 0.15) is 11.5 Å². The van der Waals surface area contributed by atoms with E-state index in [9.17, 15) is 9.59 Å². The highest BCUT2D eigenvalue weighted by Gasteiger charge is 2.18. The number of nitrogens with zero attached hydrogens (tertiary/aromatic N) is 1. The Morgan fingerprint density at radius 2 is 2.29 bits per heavy atom. The fourth-order valence-corrected chi connectivity index (χ4v) is 1.80. The Hall–Kier alpha value is -2.37. The van der Waals surface area contributed by atoms with E-state index in [-0.39, 0.29) is 24.3 Å². The van der Waals surface area contributed by atoms with Gasteiger partial charge in [-0.2, -0.15) is 5.10 Å². The number of carbonyl (C=O) groups excluding carboxylic acids is 2. The van der Waals surface area contributed by atoms with Crippen LogP contribution in [0.2, 0.25) is 0 Å². The van der Waals surface area contributed by atoms with Crippen molar-refractivity contribution in [2.24, 2.45) is 5.10 Å². The minimum Gasteiger partial charge on any atom is -0.491 e. The molecule has 112 valence electrons. The Morgan fingerprint density at radius 3 is 2.95 bits per heavy atom. The zero-order chi connectivity index (χ0) is 15.2. The van der Waals surface area contributed by atoms with Crippen molar-refractivity contribution < 1.29 is 14.3 Å². The molecule has 21 heavy (non-hydrogen) atoms. The molecule has 2 rings (SSSR count). The summed E-state index contributed by atoms with van der Waals surface area (Å²) in [6.45, 7) is 4.04. The van der Waals surface area contributed by atoms with E-state index >= 15 is 0 Å². The first kappa shape index (κ1) is 15.0. The summed E-state index contributed by atoms with van der Waals surface area (Å²) >= 11 is 0. The van der Waals surface area contributed by atoms with E-state index in [4.69, 9.17) is 4.74 Å². The van der Waals surface area contributed by atoms with Gasteiger partial charge in [-0.05, 0) is 25.5 Å². The Bertz CT molecular complexity index is 569. The van der Waals surface area contributed by atoms with Crippen LogP contribution in [-0.4, -0.2) is 23.6 Å². The molecule has 0 bridgehead atoms. The van der Waals surface area contributed by atoms with Gasteiger partial charge in [-0.3, -0.25) is 9.59 Å². The molecule has 2 N–H and O–H groups in total. The summed E-state index contributed by atoms with van der Waals surface area (Å²) in [6.07, 6.45) is 1.66. The highest BCUT2D eigenvalue weighted by molar-refractivity contribution is 6.43. The maximum absolute atomic E-state index is 12.0. The predicted octanol–water partition coefficient (Wildman–Crippen LogP) is 2.07. The monoisotopic (exact) mass is 289 g/mol. The summed E-state index contributed by atoms with van der Waals surface area (Å²) in [4.78, 5) is 23.0. The topological polar surface area (TPSA) is 79.8 Å². The van der Waals surface area contributed by atoms with Gasteiger partial charge in [-0.1, -0.05) is 13.0 Å². The lowest BCUT2D eigenvalue weighted by Gasteiger charge is -2.14. The summed E-state index contributed by atoms with van der Waals surface area (Å²) < 4.78 is 5.71. The molecule has 0 aliphatic carbocycles. The fourth-order valence-electron chi connectivity index (χ4n) is 1.80. The van der Waals surface area contributed by atoms with Crippen molar-refractivity contribution in [2.75, 3.05) is 5.32 Å². The minimum absolute atomic E-state index is 0.119. The second-order valence-electron chi connectivity index (χ2n) is 4.91. The molecule has 0 spiro atoms. The number of ether oxygens (including phenoxy) is 1. The zero-order valence-corrected chi connectivity index (χ0v) is 12.2. The summed E-state index contributed by atoms with van der Waals surface area (Å²) in [6, 6.07) is 7.22. The molecule has 0 saturated heterocycles. The lowest BCUT2D eigenvalue weighted by atomic mass is 10.1. The molecule has 1 aromatic rings. The largest absolute Gasteiger partial charge is 0.491 e. The zero-order valence-electron chi connectivity index (χ0n) is 12.2. The summed E-state index contributed by atoms with van der Waals surface area (Å²) in [5, 5.41) is 6.52. The molecule has 1 unspecified atom stereocenters. The highest BCUT2D eigenvalue weighted by atomic mass is 16.5. The standard InChI is InChI=1S/C15H19N3O3/c1-3-10(2)21-12-6-4-5-11(9-12)16-15(20)13-7-8-14(19)18-17-13/h4-6,9-10H,3,7-8H2,1-2H3,(H,16,20)(H,18,19). The normalized spacial score (nSPS) is 15.7. The number of benzene rings is 1. The van der Waals surface area contributed by atoms with Crippen LogP contribution < -0.4 is 15.5 Å². The highest BCUT2D eigenvalue weighted by Crippen LogP contribution is 2.19. The summed E-state index contributed by atoms with van der Waals surface area (Å²) in [7, 11) is 0. The molecule has 2 amide bonds. The smallest absolute Gasteiger partial charge is 0.271 e. The molecule has 1 aromatic carbocycles. The second kappa shape index (κ2) is 6.88. The number of hydrogen-bond acceptors (Lipinski definition) is 4. The SMILES string of the molecule is CCC(C)Oc1cccc(NC(=O)C2=NNC(=O)CC2)c1. The van der Waals surface area contributed by atoms with E-state index in [1.807, 2.05) is 26.0 Å². The van der Waals surface area contributed by atoms with Gasteiger partial charge in [0.05, 0.1) is 6.10 Å². The van der Waals surface area contributed by atoms with Crippen molar-refractivity contribution >= 4 is 23.2 Å². The molecule has 0 radical (unpaired) electrons. The van der Waals surface area contributed by atoms with Gasteiger partial charge in [0, 0.05) is 24.6 Å². The Balaban J connectivity index is 2.01. The molecule has 0 fully saturated rings. The average Bonchev–Trinajstić information content (AvgIpc) is 2.48. The van der Waals surface area contributed by atoms with Crippen LogP contribution in [0.3, 0.4) is 0 Å². The number of carbonyl (C=O) groups is 2. The van der Waals surface area contributed by atoms with Crippen LogP contribution in [0.4, 0.5) is 5.69 Å². The molecule has 1 heterocycles. The van der Waals surface area contributed by atoms with Crippen LogP contribution in [-0.2, 0) is 9.59 Å². The van der Waals surface area contributed by atoms with Gasteiger partial charge in [0.2, 0.25) is 5.91 Å². The molecule has 0 aromatic heterocycles. The Labute approximate surface area is 123 Å². The third kappa shape index (κ3) is 4.30. The van der Waals surface area contributed by atoms with E-state index in [1.54, 1.807) is 12.1 Å². The third-order valence-corrected chi connectivity index (χ3v) is 3.17. The molecule has 1 aliphatic heterocycles. The molecular formula is C15H19N3O3. The lowest BCUT2D eigenvalue weighted by Crippen LogP contribution is -2.32. The van der Waals surface area contributed by atoms with Crippen LogP contribution >= 0.6 is 0 Å². The van der Waals surface area contributed by atoms with Crippen LogP contribution in [0, 0.1) is 0 Å². The number of hydrogen-bond donors (Lipinski definition) is 2. The molecule has 6 nitrogen and oxygen atoms in total. The molecule has 1 aliphatic rings. The Morgan fingerprint density at radius 1 is 1.48 bits per heavy atom. The van der Waals surface area contributed by atoms with Gasteiger partial charge in [-0.15, -0.1) is 0 Å². The first-order valence-corrected chi connectivity index (χ1v) is 7.02. The maximum Gasteiger partial charge on any atom is 0.271 e. The van der Waals surface area contributed by atoms with Crippen molar-refractivity contribution in [3.8, 4) is 5.75 Å². The molecule has 0 saturated carbocycles. The van der Waals surface area contributed by atoms with E-state index in [2.05, 4.69) is 15.8 Å². The quantitative estimate of drug-likeness (QED) is 0.870. The van der Waals surface area contributed by atoms with Crippen molar-refractivity contribution in [2.45, 2.75) is 39.2 Å². The third-order valence-electron chi connectivity index (χ3n) is 3.17. The fraction of sp³-hybridized carbons (Fsp3) is 0.400. The molecule has 1 atom stereocenters. The number of amides is 2. The van der Waals surface area contributed by atoms with Gasteiger partial charge in [-0.25, -0.2) is 5.43 Å². The van der Waals surface area contributed by atoms with E-state index in [0.717, 1.165) is 6.42 Å². The van der Waals surface area contributed by atoms with Crippen LogP contribution in [0.15, 0.2) is 29.4 Å². The van der Waals surface area contributed by atoms with Gasteiger partial charge < -0.3 is 10.1 Å². The van der Waals surface area contributed by atoms with Gasteiger partial charge >= 0.3 is 0 Å². The lowest BCUT2D eigenvalue weighted by molar-refractivity contribution is -0.121. The predicted molar refractivity (Wildman–Crippen MR) is 80.3 cm³/mol. The van der Waals surface area contributed by atoms with Gasteiger partial charge in [0.15, 0.2) is 0 Å². The van der Waals surface area contributed by atoms with Crippen molar-refractivity contribution in [1.82, 2.24) is 5.43 Å². The van der Waals surface area contributed by atoms with Crippen LogP contribution in [0.1, 0.15) is 33.1 Å². The second-order valence-corrected chi connectivity index (χ2v) is 4.91. The summed E-state index contributed by atoms with van der Waals surface area (Å²) in [5.74, 6) is 0.229. The molecule has 6 heteroatoms. The number of anilines is 1. The van der Waals surface area contributed by atoms with Gasteiger partial charge in [0.25, 0.3) is 5.91 Å². The van der Waals surface area contributed by atoms with E-state index in [1.165, 1.54) is 0 Å². The average molecular weight is 289 g/mol. The minimum atomic E-state index is -0.310. The number of hydrazone groups is 1. The summed E-state index contributed by atoms with van der Waals surface area (Å²) in [5.41, 5.74) is 3.27. The van der Waals surface area contributed by atoms with Crippen LogP contribution in [0.25, 0.3) is 0 Å².